The van der Waals surface area contributed by atoms with Gasteiger partial charge in [0.15, 0.2) is 0 Å². The molecule has 2 aromatic carbocycles. The van der Waals surface area contributed by atoms with Gasteiger partial charge in [0.2, 0.25) is 0 Å². The Morgan fingerprint density at radius 3 is 1.20 bits per heavy atom. The standard InChI is InChI=1S/C50H76O5/c1-3-5-7-9-11-13-15-17-19-21-23-25-27-29-31-33-49(52)54-47-41-45(36-35-44-37-39-46(51)40-38-44)42-48(43-47)55-50(53)34-32-30-28-26-24-22-20-18-16-14-12-10-8-6-4-2/h17-20,35-43,51H,3-16,21-34H2,1-2H3/b19-17-,20-18-,36-35?. The predicted molar refractivity (Wildman–Crippen MR) is 234 cm³/mol. The summed E-state index contributed by atoms with van der Waals surface area (Å²) in [6.45, 7) is 4.52. The molecule has 0 heterocycles. The van der Waals surface area contributed by atoms with Crippen molar-refractivity contribution < 1.29 is 24.2 Å². The quantitative estimate of drug-likeness (QED) is 0.0253. The molecule has 0 fully saturated rings. The molecule has 0 radical (unpaired) electrons. The van der Waals surface area contributed by atoms with Crippen LogP contribution >= 0.6 is 0 Å². The first-order valence-electron chi connectivity index (χ1n) is 22.3. The second-order valence-electron chi connectivity index (χ2n) is 15.3. The normalized spacial score (nSPS) is 11.7. The number of hydrogen-bond acceptors (Lipinski definition) is 5. The molecule has 2 rings (SSSR count). The van der Waals surface area contributed by atoms with Gasteiger partial charge >= 0.3 is 11.9 Å². The molecule has 0 aliphatic rings. The second-order valence-corrected chi connectivity index (χ2v) is 15.3. The number of allylic oxidation sites excluding steroid dienone is 4. The van der Waals surface area contributed by atoms with E-state index >= 15 is 0 Å². The Morgan fingerprint density at radius 1 is 0.455 bits per heavy atom. The van der Waals surface area contributed by atoms with E-state index < -0.39 is 0 Å². The van der Waals surface area contributed by atoms with Crippen molar-refractivity contribution in [3.8, 4) is 17.2 Å². The van der Waals surface area contributed by atoms with Crippen LogP contribution in [0.2, 0.25) is 0 Å². The number of unbranched alkanes of at least 4 members (excludes halogenated alkanes) is 22. The zero-order chi connectivity index (χ0) is 39.4. The molecule has 0 aliphatic heterocycles. The average Bonchev–Trinajstić information content (AvgIpc) is 3.17. The Bertz CT molecular complexity index is 1270. The van der Waals surface area contributed by atoms with Crippen LogP contribution in [-0.2, 0) is 9.59 Å². The zero-order valence-corrected chi connectivity index (χ0v) is 34.9. The van der Waals surface area contributed by atoms with Crippen molar-refractivity contribution in [2.45, 2.75) is 194 Å². The maximum atomic E-state index is 12.8. The van der Waals surface area contributed by atoms with Crippen LogP contribution in [0.15, 0.2) is 66.8 Å². The van der Waals surface area contributed by atoms with Gasteiger partial charge in [-0.1, -0.05) is 165 Å². The SMILES string of the molecule is CCCCCCCC/C=C\CCCCCCCC(=O)Oc1cc(C=Cc2ccc(O)cc2)cc(OC(=O)CCCCCCC/C=C\CCCCCCCC)c1. The third-order valence-electron chi connectivity index (χ3n) is 10.0. The Morgan fingerprint density at radius 2 is 0.800 bits per heavy atom. The Balaban J connectivity index is 1.71. The predicted octanol–water partition coefficient (Wildman–Crippen LogP) is 15.4. The number of carbonyl (C=O) groups is 2. The van der Waals surface area contributed by atoms with Crippen molar-refractivity contribution in [2.24, 2.45) is 0 Å². The van der Waals surface area contributed by atoms with E-state index in [9.17, 15) is 14.7 Å². The summed E-state index contributed by atoms with van der Waals surface area (Å²) < 4.78 is 11.5. The van der Waals surface area contributed by atoms with E-state index in [-0.39, 0.29) is 17.7 Å². The number of phenols is 1. The van der Waals surface area contributed by atoms with Crippen LogP contribution in [0.4, 0.5) is 0 Å². The van der Waals surface area contributed by atoms with Crippen LogP contribution < -0.4 is 9.47 Å². The number of ether oxygens (including phenoxy) is 2. The van der Waals surface area contributed by atoms with Gasteiger partial charge in [-0.2, -0.15) is 0 Å². The highest BCUT2D eigenvalue weighted by molar-refractivity contribution is 5.76. The molecule has 0 saturated carbocycles. The van der Waals surface area contributed by atoms with Gasteiger partial charge in [-0.25, -0.2) is 0 Å². The molecule has 0 spiro atoms. The van der Waals surface area contributed by atoms with E-state index in [2.05, 4.69) is 38.2 Å². The van der Waals surface area contributed by atoms with Crippen molar-refractivity contribution in [1.82, 2.24) is 0 Å². The van der Waals surface area contributed by atoms with Crippen LogP contribution in [0.3, 0.4) is 0 Å². The summed E-state index contributed by atoms with van der Waals surface area (Å²) >= 11 is 0. The number of carbonyl (C=O) groups excluding carboxylic acids is 2. The zero-order valence-electron chi connectivity index (χ0n) is 34.9. The summed E-state index contributed by atoms with van der Waals surface area (Å²) in [6, 6.07) is 12.1. The summed E-state index contributed by atoms with van der Waals surface area (Å²) in [5.74, 6) is 0.396. The monoisotopic (exact) mass is 757 g/mol. The summed E-state index contributed by atoms with van der Waals surface area (Å²) in [4.78, 5) is 25.6. The summed E-state index contributed by atoms with van der Waals surface area (Å²) in [5, 5.41) is 9.62. The Hall–Kier alpha value is -3.60. The van der Waals surface area contributed by atoms with E-state index in [1.54, 1.807) is 30.3 Å². The maximum Gasteiger partial charge on any atom is 0.311 e. The highest BCUT2D eigenvalue weighted by atomic mass is 16.5. The number of phenolic OH excluding ortho intramolecular Hbond substituents is 1. The van der Waals surface area contributed by atoms with Crippen LogP contribution in [0.25, 0.3) is 12.2 Å². The molecule has 0 amide bonds. The van der Waals surface area contributed by atoms with Crippen LogP contribution in [-0.4, -0.2) is 17.0 Å². The first-order valence-corrected chi connectivity index (χ1v) is 22.3. The lowest BCUT2D eigenvalue weighted by Gasteiger charge is -2.10. The molecular weight excluding hydrogens is 681 g/mol. The van der Waals surface area contributed by atoms with Crippen molar-refractivity contribution >= 4 is 24.1 Å². The van der Waals surface area contributed by atoms with Gasteiger partial charge in [0.1, 0.15) is 17.2 Å². The number of esters is 2. The fourth-order valence-corrected chi connectivity index (χ4v) is 6.63. The van der Waals surface area contributed by atoms with Crippen molar-refractivity contribution in [1.29, 1.82) is 0 Å². The molecule has 0 atom stereocenters. The van der Waals surface area contributed by atoms with Gasteiger partial charge in [-0.3, -0.25) is 9.59 Å². The van der Waals surface area contributed by atoms with Gasteiger partial charge in [0.05, 0.1) is 0 Å². The molecule has 55 heavy (non-hydrogen) atoms. The summed E-state index contributed by atoms with van der Waals surface area (Å²) in [7, 11) is 0. The molecule has 5 heteroatoms. The largest absolute Gasteiger partial charge is 0.508 e. The topological polar surface area (TPSA) is 72.8 Å². The summed E-state index contributed by atoms with van der Waals surface area (Å²) in [6.07, 6.45) is 45.3. The number of benzene rings is 2. The molecule has 0 unspecified atom stereocenters. The smallest absolute Gasteiger partial charge is 0.311 e. The van der Waals surface area contributed by atoms with Gasteiger partial charge in [0.25, 0.3) is 0 Å². The Labute approximate surface area is 336 Å². The molecular formula is C50H76O5. The van der Waals surface area contributed by atoms with Crippen molar-refractivity contribution in [2.75, 3.05) is 0 Å². The lowest BCUT2D eigenvalue weighted by atomic mass is 10.1. The minimum atomic E-state index is -0.275. The minimum Gasteiger partial charge on any atom is -0.508 e. The van der Waals surface area contributed by atoms with Crippen LogP contribution in [0.5, 0.6) is 17.2 Å². The van der Waals surface area contributed by atoms with Crippen molar-refractivity contribution in [3.63, 3.8) is 0 Å². The van der Waals surface area contributed by atoms with E-state index in [1.165, 1.54) is 116 Å². The lowest BCUT2D eigenvalue weighted by molar-refractivity contribution is -0.135. The maximum absolute atomic E-state index is 12.8. The van der Waals surface area contributed by atoms with Gasteiger partial charge in [0, 0.05) is 18.9 Å². The molecule has 0 aromatic heterocycles. The van der Waals surface area contributed by atoms with Gasteiger partial charge < -0.3 is 14.6 Å². The minimum absolute atomic E-state index is 0.206. The molecule has 5 nitrogen and oxygen atoms in total. The molecule has 1 N–H and O–H groups in total. The number of hydrogen-bond donors (Lipinski definition) is 1. The highest BCUT2D eigenvalue weighted by Gasteiger charge is 2.11. The first kappa shape index (κ1) is 47.6. The van der Waals surface area contributed by atoms with E-state index in [4.69, 9.17) is 9.47 Å². The molecule has 2 aromatic rings. The molecule has 0 bridgehead atoms. The molecule has 306 valence electrons. The van der Waals surface area contributed by atoms with Crippen molar-refractivity contribution in [3.05, 3.63) is 77.9 Å². The van der Waals surface area contributed by atoms with Gasteiger partial charge in [-0.15, -0.1) is 0 Å². The lowest BCUT2D eigenvalue weighted by Crippen LogP contribution is -2.10. The first-order chi connectivity index (χ1) is 27.0. The van der Waals surface area contributed by atoms with Crippen LogP contribution in [0, 0.1) is 0 Å². The second kappa shape index (κ2) is 33.7. The fraction of sp³-hybridized carbons (Fsp3) is 0.600. The third kappa shape index (κ3) is 27.6. The third-order valence-corrected chi connectivity index (χ3v) is 10.0. The van der Waals surface area contributed by atoms with Crippen LogP contribution in [0.1, 0.15) is 205 Å². The summed E-state index contributed by atoms with van der Waals surface area (Å²) in [5.41, 5.74) is 1.66. The molecule has 0 aliphatic carbocycles. The fourth-order valence-electron chi connectivity index (χ4n) is 6.63. The Kier molecular flexibility index (Phi) is 29.1. The molecule has 0 saturated heterocycles. The van der Waals surface area contributed by atoms with Gasteiger partial charge in [-0.05, 0) is 99.6 Å². The average molecular weight is 757 g/mol. The number of rotatable bonds is 34. The number of aromatic hydroxyl groups is 1. The van der Waals surface area contributed by atoms with E-state index in [0.29, 0.717) is 24.3 Å². The highest BCUT2D eigenvalue weighted by Crippen LogP contribution is 2.26. The van der Waals surface area contributed by atoms with E-state index in [0.717, 1.165) is 62.5 Å². The van der Waals surface area contributed by atoms with E-state index in [1.807, 2.05) is 24.3 Å².